The topological polar surface area (TPSA) is 32.3 Å². The zero-order chi connectivity index (χ0) is 13.3. The lowest BCUT2D eigenvalue weighted by molar-refractivity contribution is 0.0615. The molecule has 1 aromatic rings. The Morgan fingerprint density at radius 2 is 2.17 bits per heavy atom. The summed E-state index contributed by atoms with van der Waals surface area (Å²) in [4.78, 5) is 14.6. The van der Waals surface area contributed by atoms with E-state index in [0.717, 1.165) is 27.8 Å². The van der Waals surface area contributed by atoms with Gasteiger partial charge in [-0.25, -0.2) is 0 Å². The Bertz CT molecular complexity index is 461. The molecule has 1 fully saturated rings. The molecule has 1 aliphatic rings. The van der Waals surface area contributed by atoms with Crippen LogP contribution in [0.5, 0.6) is 0 Å². The summed E-state index contributed by atoms with van der Waals surface area (Å²) < 4.78 is 1.07. The first-order chi connectivity index (χ1) is 8.50. The van der Waals surface area contributed by atoms with E-state index in [2.05, 4.69) is 41.8 Å². The van der Waals surface area contributed by atoms with Crippen LogP contribution < -0.4 is 5.32 Å². The van der Waals surface area contributed by atoms with Gasteiger partial charge in [-0.2, -0.15) is 0 Å². The van der Waals surface area contributed by atoms with E-state index in [9.17, 15) is 4.79 Å². The van der Waals surface area contributed by atoms with Crippen LogP contribution in [0.4, 0.5) is 0 Å². The van der Waals surface area contributed by atoms with Crippen molar-refractivity contribution < 1.29 is 4.79 Å². The number of benzene rings is 1. The second kappa shape index (κ2) is 5.57. The molecule has 2 unspecified atom stereocenters. The zero-order valence-corrected chi connectivity index (χ0v) is 13.2. The van der Waals surface area contributed by atoms with Crippen molar-refractivity contribution >= 4 is 28.5 Å². The van der Waals surface area contributed by atoms with Crippen LogP contribution >= 0.6 is 22.6 Å². The Labute approximate surface area is 122 Å². The quantitative estimate of drug-likeness (QED) is 0.783. The molecule has 3 nitrogen and oxygen atoms in total. The van der Waals surface area contributed by atoms with E-state index in [-0.39, 0.29) is 11.9 Å². The minimum absolute atomic E-state index is 0.156. The lowest BCUT2D eigenvalue weighted by atomic mass is 10.1. The van der Waals surface area contributed by atoms with Crippen LogP contribution in [0.1, 0.15) is 29.8 Å². The van der Waals surface area contributed by atoms with Gasteiger partial charge in [-0.1, -0.05) is 12.1 Å². The number of aryl methyl sites for hydroxylation is 1. The number of nitrogens with one attached hydrogen (secondary N) is 1. The number of rotatable bonds is 1. The number of piperazine rings is 1. The molecule has 1 saturated heterocycles. The third-order valence-electron chi connectivity index (χ3n) is 3.45. The van der Waals surface area contributed by atoms with E-state index in [1.165, 1.54) is 0 Å². The molecule has 1 aliphatic heterocycles. The molecular weight excluding hydrogens is 339 g/mol. The average molecular weight is 358 g/mol. The van der Waals surface area contributed by atoms with E-state index in [0.29, 0.717) is 6.04 Å². The number of carbonyl (C=O) groups is 1. The lowest BCUT2D eigenvalue weighted by Crippen LogP contribution is -2.56. The number of hydrogen-bond acceptors (Lipinski definition) is 2. The van der Waals surface area contributed by atoms with Gasteiger partial charge in [0.25, 0.3) is 5.91 Å². The van der Waals surface area contributed by atoms with Gasteiger partial charge in [-0.3, -0.25) is 4.79 Å². The first kappa shape index (κ1) is 13.8. The maximum atomic E-state index is 12.6. The molecule has 0 spiro atoms. The van der Waals surface area contributed by atoms with E-state index in [4.69, 9.17) is 0 Å². The molecule has 2 rings (SSSR count). The van der Waals surface area contributed by atoms with Crippen molar-refractivity contribution in [2.45, 2.75) is 32.9 Å². The maximum absolute atomic E-state index is 12.6. The molecule has 1 heterocycles. The molecule has 0 aliphatic carbocycles. The summed E-state index contributed by atoms with van der Waals surface area (Å²) in [6.45, 7) is 7.91. The molecule has 2 atom stereocenters. The highest BCUT2D eigenvalue weighted by molar-refractivity contribution is 14.1. The monoisotopic (exact) mass is 358 g/mol. The summed E-state index contributed by atoms with van der Waals surface area (Å²) in [5, 5.41) is 3.40. The van der Waals surface area contributed by atoms with Crippen LogP contribution in [0.25, 0.3) is 0 Å². The van der Waals surface area contributed by atoms with Crippen LogP contribution in [0.3, 0.4) is 0 Å². The molecular formula is C14H19IN2O. The number of nitrogens with zero attached hydrogens (tertiary/aromatic N) is 1. The number of hydrogen-bond donors (Lipinski definition) is 1. The standard InChI is InChI=1S/C14H19IN2O/c1-9-5-4-6-12(13(9)15)14(18)17-8-10(2)16-7-11(17)3/h4-6,10-11,16H,7-8H2,1-3H3. The molecule has 1 aromatic carbocycles. The molecule has 4 heteroatoms. The highest BCUT2D eigenvalue weighted by Crippen LogP contribution is 2.20. The van der Waals surface area contributed by atoms with Crippen molar-refractivity contribution in [1.82, 2.24) is 10.2 Å². The highest BCUT2D eigenvalue weighted by Gasteiger charge is 2.28. The van der Waals surface area contributed by atoms with Crippen LogP contribution in [-0.4, -0.2) is 36.0 Å². The minimum Gasteiger partial charge on any atom is -0.333 e. The van der Waals surface area contributed by atoms with Gasteiger partial charge in [-0.15, -0.1) is 0 Å². The van der Waals surface area contributed by atoms with Crippen LogP contribution in [0.15, 0.2) is 18.2 Å². The van der Waals surface area contributed by atoms with E-state index in [1.807, 2.05) is 30.0 Å². The fraction of sp³-hybridized carbons (Fsp3) is 0.500. The molecule has 18 heavy (non-hydrogen) atoms. The molecule has 1 N–H and O–H groups in total. The van der Waals surface area contributed by atoms with Gasteiger partial charge in [0.05, 0.1) is 5.56 Å². The molecule has 1 amide bonds. The number of amides is 1. The second-order valence-corrected chi connectivity index (χ2v) is 6.13. The minimum atomic E-state index is 0.156. The Balaban J connectivity index is 2.27. The van der Waals surface area contributed by atoms with Crippen molar-refractivity contribution in [2.24, 2.45) is 0 Å². The summed E-state index contributed by atoms with van der Waals surface area (Å²) in [7, 11) is 0. The Hall–Kier alpha value is -0.620. The van der Waals surface area contributed by atoms with Gasteiger partial charge >= 0.3 is 0 Å². The fourth-order valence-corrected chi connectivity index (χ4v) is 2.86. The van der Waals surface area contributed by atoms with Gasteiger partial charge in [0.1, 0.15) is 0 Å². The van der Waals surface area contributed by atoms with Crippen molar-refractivity contribution in [3.63, 3.8) is 0 Å². The smallest absolute Gasteiger partial charge is 0.255 e. The van der Waals surface area contributed by atoms with Crippen LogP contribution in [-0.2, 0) is 0 Å². The predicted molar refractivity (Wildman–Crippen MR) is 81.9 cm³/mol. The van der Waals surface area contributed by atoms with Gasteiger partial charge in [0.2, 0.25) is 0 Å². The van der Waals surface area contributed by atoms with E-state index < -0.39 is 0 Å². The largest absolute Gasteiger partial charge is 0.333 e. The number of halogens is 1. The first-order valence-electron chi connectivity index (χ1n) is 6.30. The molecule has 98 valence electrons. The highest BCUT2D eigenvalue weighted by atomic mass is 127. The van der Waals surface area contributed by atoms with Crippen molar-refractivity contribution in [2.75, 3.05) is 13.1 Å². The predicted octanol–water partition coefficient (Wildman–Crippen LogP) is 2.42. The molecule has 0 radical (unpaired) electrons. The summed E-state index contributed by atoms with van der Waals surface area (Å²) in [6, 6.07) is 6.55. The van der Waals surface area contributed by atoms with Crippen molar-refractivity contribution in [1.29, 1.82) is 0 Å². The summed E-state index contributed by atoms with van der Waals surface area (Å²) in [5.74, 6) is 0.156. The van der Waals surface area contributed by atoms with Gasteiger partial charge in [0, 0.05) is 28.7 Å². The zero-order valence-electron chi connectivity index (χ0n) is 11.0. The normalized spacial score (nSPS) is 24.1. The second-order valence-electron chi connectivity index (χ2n) is 5.05. The third kappa shape index (κ3) is 2.69. The number of carbonyl (C=O) groups excluding carboxylic acids is 1. The fourth-order valence-electron chi connectivity index (χ4n) is 2.27. The van der Waals surface area contributed by atoms with Crippen LogP contribution in [0.2, 0.25) is 0 Å². The Morgan fingerprint density at radius 3 is 2.89 bits per heavy atom. The third-order valence-corrected chi connectivity index (χ3v) is 4.88. The molecule has 0 bridgehead atoms. The summed E-state index contributed by atoms with van der Waals surface area (Å²) in [6.07, 6.45) is 0. The van der Waals surface area contributed by atoms with E-state index in [1.54, 1.807) is 0 Å². The lowest BCUT2D eigenvalue weighted by Gasteiger charge is -2.37. The maximum Gasteiger partial charge on any atom is 0.255 e. The Kier molecular flexibility index (Phi) is 4.27. The van der Waals surface area contributed by atoms with Gasteiger partial charge in [-0.05, 0) is 55.0 Å². The Morgan fingerprint density at radius 1 is 1.44 bits per heavy atom. The average Bonchev–Trinajstić information content (AvgIpc) is 2.35. The molecule has 0 aromatic heterocycles. The van der Waals surface area contributed by atoms with Gasteiger partial charge in [0.15, 0.2) is 0 Å². The first-order valence-corrected chi connectivity index (χ1v) is 7.38. The summed E-state index contributed by atoms with van der Waals surface area (Å²) >= 11 is 2.27. The molecule has 0 saturated carbocycles. The summed E-state index contributed by atoms with van der Waals surface area (Å²) in [5.41, 5.74) is 1.99. The van der Waals surface area contributed by atoms with Crippen molar-refractivity contribution in [3.05, 3.63) is 32.9 Å². The van der Waals surface area contributed by atoms with E-state index >= 15 is 0 Å². The van der Waals surface area contributed by atoms with Crippen molar-refractivity contribution in [3.8, 4) is 0 Å². The SMILES string of the molecule is Cc1cccc(C(=O)N2CC(C)NCC2C)c1I. The van der Waals surface area contributed by atoms with Crippen LogP contribution in [0, 0.1) is 10.5 Å². The van der Waals surface area contributed by atoms with Gasteiger partial charge < -0.3 is 10.2 Å².